The molecule has 246 valence electrons. The number of nitro groups is 2. The Kier molecular flexibility index (Phi) is 12.5. The van der Waals surface area contributed by atoms with Gasteiger partial charge in [0.25, 0.3) is 11.4 Å². The number of non-ortho nitro benzene ring substituents is 2. The number of hydrogen-bond acceptors (Lipinski definition) is 11. The molecule has 1 N–H and O–H groups in total. The number of aromatic hydroxyl groups is 1. The number of methoxy groups -OCH3 is 1. The van der Waals surface area contributed by atoms with Gasteiger partial charge in [-0.25, -0.2) is 9.97 Å². The molecule has 11 nitrogen and oxygen atoms in total. The predicted molar refractivity (Wildman–Crippen MR) is 200 cm³/mol. The summed E-state index contributed by atoms with van der Waals surface area (Å²) in [6, 6.07) is 20.2. The number of hydrogen-bond donors (Lipinski definition) is 1. The van der Waals surface area contributed by atoms with Crippen molar-refractivity contribution in [1.29, 1.82) is 0 Å². The average molecular weight is 815 g/mol. The van der Waals surface area contributed by atoms with Gasteiger partial charge in [-0.3, -0.25) is 20.2 Å². The highest BCUT2D eigenvalue weighted by Crippen LogP contribution is 2.30. The van der Waals surface area contributed by atoms with Crippen LogP contribution in [-0.2, 0) is 4.74 Å². The second kappa shape index (κ2) is 16.5. The van der Waals surface area contributed by atoms with Gasteiger partial charge in [0.15, 0.2) is 6.79 Å². The van der Waals surface area contributed by atoms with Crippen molar-refractivity contribution in [2.45, 2.75) is 7.43 Å². The molecular formula is C33H26Br2N4O7S2. The molecule has 6 rings (SSSR count). The summed E-state index contributed by atoms with van der Waals surface area (Å²) < 4.78 is 13.6. The Labute approximate surface area is 299 Å². The van der Waals surface area contributed by atoms with Crippen LogP contribution < -0.4 is 4.74 Å². The standard InChI is InChI=1S/C17H13BrN2O4S.C15H9BrN2O3S.CH4/c1-23-10-24-15-5-2-11(8-13(15)18)3-7-17-19-14-9-12(20(21)22)4-6-16(14)25-17;16-11-7-9(1-4-13(11)19)2-6-15-17-12-8-10(18(20)21)3-5-14(12)22-15;/h2-9H,10H2,1H3;1-8,19H;1H4/b7-3+;6-2+;. The van der Waals surface area contributed by atoms with Gasteiger partial charge in [-0.15, -0.1) is 22.7 Å². The van der Waals surface area contributed by atoms with Crippen molar-refractivity contribution >= 4 is 111 Å². The third kappa shape index (κ3) is 9.29. The largest absolute Gasteiger partial charge is 0.507 e. The first-order valence-electron chi connectivity index (χ1n) is 13.5. The normalized spacial score (nSPS) is 11.1. The van der Waals surface area contributed by atoms with E-state index in [1.165, 1.54) is 46.9 Å². The van der Waals surface area contributed by atoms with Crippen LogP contribution in [0.2, 0.25) is 0 Å². The van der Waals surface area contributed by atoms with Crippen molar-refractivity contribution in [2.75, 3.05) is 13.9 Å². The van der Waals surface area contributed by atoms with E-state index >= 15 is 0 Å². The summed E-state index contributed by atoms with van der Waals surface area (Å²) in [5.74, 6) is 0.885. The molecule has 0 aliphatic rings. The van der Waals surface area contributed by atoms with Gasteiger partial charge in [0.2, 0.25) is 0 Å². The van der Waals surface area contributed by atoms with Gasteiger partial charge >= 0.3 is 0 Å². The van der Waals surface area contributed by atoms with Crippen LogP contribution >= 0.6 is 54.5 Å². The molecule has 48 heavy (non-hydrogen) atoms. The van der Waals surface area contributed by atoms with Crippen LogP contribution in [0.5, 0.6) is 11.5 Å². The number of fused-ring (bicyclic) bond motifs is 2. The Hall–Kier alpha value is -4.54. The minimum atomic E-state index is -0.428. The number of benzene rings is 4. The van der Waals surface area contributed by atoms with Gasteiger partial charge in [-0.2, -0.15) is 0 Å². The van der Waals surface area contributed by atoms with Gasteiger partial charge in [0.1, 0.15) is 21.5 Å². The fourth-order valence-corrected chi connectivity index (χ4v) is 6.67. The molecule has 2 heterocycles. The number of aromatic nitrogens is 2. The monoisotopic (exact) mass is 812 g/mol. The van der Waals surface area contributed by atoms with Crippen molar-refractivity contribution in [2.24, 2.45) is 0 Å². The van der Waals surface area contributed by atoms with E-state index in [4.69, 9.17) is 9.47 Å². The van der Waals surface area contributed by atoms with Crippen molar-refractivity contribution in [3.8, 4) is 11.5 Å². The van der Waals surface area contributed by atoms with E-state index in [-0.39, 0.29) is 31.3 Å². The summed E-state index contributed by atoms with van der Waals surface area (Å²) in [6.45, 7) is 0.186. The van der Waals surface area contributed by atoms with Crippen LogP contribution in [-0.4, -0.2) is 38.8 Å². The molecule has 15 heteroatoms. The molecule has 0 fully saturated rings. The molecule has 4 aromatic carbocycles. The summed E-state index contributed by atoms with van der Waals surface area (Å²) in [5, 5.41) is 32.6. The van der Waals surface area contributed by atoms with Crippen LogP contribution in [0.1, 0.15) is 28.6 Å². The van der Waals surface area contributed by atoms with Gasteiger partial charge < -0.3 is 14.6 Å². The molecule has 0 aliphatic heterocycles. The Morgan fingerprint density at radius 3 is 1.71 bits per heavy atom. The minimum absolute atomic E-state index is 0. The van der Waals surface area contributed by atoms with Gasteiger partial charge in [0.05, 0.1) is 39.2 Å². The molecule has 0 atom stereocenters. The van der Waals surface area contributed by atoms with E-state index in [1.54, 1.807) is 37.4 Å². The van der Waals surface area contributed by atoms with E-state index in [1.807, 2.05) is 42.5 Å². The summed E-state index contributed by atoms with van der Waals surface area (Å²) in [6.07, 6.45) is 7.52. The second-order valence-electron chi connectivity index (χ2n) is 9.54. The zero-order chi connectivity index (χ0) is 33.5. The molecule has 2 aromatic heterocycles. The second-order valence-corrected chi connectivity index (χ2v) is 13.4. The summed E-state index contributed by atoms with van der Waals surface area (Å²) >= 11 is 9.67. The first-order valence-corrected chi connectivity index (χ1v) is 16.7. The first-order chi connectivity index (χ1) is 22.6. The lowest BCUT2D eigenvalue weighted by Crippen LogP contribution is -1.99. The third-order valence-corrected chi connectivity index (χ3v) is 9.55. The fourth-order valence-electron chi connectivity index (χ4n) is 4.06. The Bertz CT molecular complexity index is 2170. The van der Waals surface area contributed by atoms with Crippen LogP contribution in [0.15, 0.2) is 81.7 Å². The maximum Gasteiger partial charge on any atom is 0.271 e. The zero-order valence-corrected chi connectivity index (χ0v) is 29.0. The van der Waals surface area contributed by atoms with Crippen LogP contribution in [0.3, 0.4) is 0 Å². The molecule has 0 saturated carbocycles. The molecule has 6 aromatic rings. The Morgan fingerprint density at radius 2 is 1.25 bits per heavy atom. The van der Waals surface area contributed by atoms with Crippen molar-refractivity contribution in [1.82, 2.24) is 9.97 Å². The summed E-state index contributed by atoms with van der Waals surface area (Å²) in [4.78, 5) is 29.6. The number of ether oxygens (including phenoxy) is 2. The SMILES string of the molecule is C.COCOc1ccc(/C=C/c2nc3cc([N+](=O)[O-])ccc3s2)cc1Br.O=[N+]([O-])c1ccc2sc(/C=C/c3ccc(O)c(Br)c3)nc2c1. The van der Waals surface area contributed by atoms with E-state index in [0.29, 0.717) is 21.3 Å². The molecular weight excluding hydrogens is 788 g/mol. The van der Waals surface area contributed by atoms with Gasteiger partial charge in [0, 0.05) is 31.4 Å². The quantitative estimate of drug-likeness (QED) is 0.0854. The molecule has 0 radical (unpaired) electrons. The lowest BCUT2D eigenvalue weighted by molar-refractivity contribution is -0.384. The van der Waals surface area contributed by atoms with Crippen LogP contribution in [0.4, 0.5) is 11.4 Å². The highest BCUT2D eigenvalue weighted by Gasteiger charge is 2.11. The van der Waals surface area contributed by atoms with Crippen molar-refractivity contribution < 1.29 is 24.4 Å². The predicted octanol–water partition coefficient (Wildman–Crippen LogP) is 10.6. The van der Waals surface area contributed by atoms with Crippen LogP contribution in [0, 0.1) is 20.2 Å². The third-order valence-electron chi connectivity index (χ3n) is 6.29. The molecule has 0 unspecified atom stereocenters. The number of thiazole rings is 2. The first kappa shape index (κ1) is 36.3. The summed E-state index contributed by atoms with van der Waals surface area (Å²) in [5.41, 5.74) is 3.21. The zero-order valence-electron chi connectivity index (χ0n) is 24.2. The maximum atomic E-state index is 10.8. The Morgan fingerprint density at radius 1 is 0.750 bits per heavy atom. The number of nitrogens with zero attached hydrogens (tertiary/aromatic N) is 4. The smallest absolute Gasteiger partial charge is 0.271 e. The number of rotatable bonds is 9. The maximum absolute atomic E-state index is 10.8. The molecule has 0 spiro atoms. The highest BCUT2D eigenvalue weighted by atomic mass is 79.9. The molecule has 0 saturated heterocycles. The average Bonchev–Trinajstić information content (AvgIpc) is 3.66. The molecule has 0 amide bonds. The van der Waals surface area contributed by atoms with E-state index < -0.39 is 9.85 Å². The topological polar surface area (TPSA) is 151 Å². The minimum Gasteiger partial charge on any atom is -0.507 e. The van der Waals surface area contributed by atoms with Crippen molar-refractivity contribution in [3.05, 3.63) is 123 Å². The van der Waals surface area contributed by atoms with Gasteiger partial charge in [-0.1, -0.05) is 31.7 Å². The van der Waals surface area contributed by atoms with Crippen molar-refractivity contribution in [3.63, 3.8) is 0 Å². The number of phenolic OH excluding ortho intramolecular Hbond substituents is 1. The van der Waals surface area contributed by atoms with Gasteiger partial charge in [-0.05, 0) is 91.5 Å². The van der Waals surface area contributed by atoms with E-state index in [2.05, 4.69) is 41.8 Å². The highest BCUT2D eigenvalue weighted by molar-refractivity contribution is 9.10. The summed E-state index contributed by atoms with van der Waals surface area (Å²) in [7, 11) is 1.57. The molecule has 0 aliphatic carbocycles. The molecule has 0 bridgehead atoms. The lowest BCUT2D eigenvalue weighted by Gasteiger charge is -2.07. The lowest BCUT2D eigenvalue weighted by atomic mass is 10.2. The number of halogens is 2. The van der Waals surface area contributed by atoms with Crippen LogP contribution in [0.25, 0.3) is 44.7 Å². The number of nitro benzene ring substituents is 2. The Balaban J connectivity index is 0.000000214. The number of phenols is 1. The van der Waals surface area contributed by atoms with E-state index in [9.17, 15) is 25.3 Å². The van der Waals surface area contributed by atoms with E-state index in [0.717, 1.165) is 35.0 Å². The fraction of sp³-hybridized carbons (Fsp3) is 0.0909.